The Hall–Kier alpha value is -1.64. The van der Waals surface area contributed by atoms with E-state index >= 15 is 0 Å². The molecule has 1 aromatic carbocycles. The summed E-state index contributed by atoms with van der Waals surface area (Å²) in [7, 11) is -3.64. The first-order valence-corrected chi connectivity index (χ1v) is 8.66. The minimum absolute atomic E-state index is 0.0591. The molecule has 0 fully saturated rings. The molecule has 114 valence electrons. The van der Waals surface area contributed by atoms with Gasteiger partial charge in [0, 0.05) is 18.4 Å². The molecule has 2 rings (SSSR count). The third kappa shape index (κ3) is 4.42. The molecule has 2 aromatic rings. The summed E-state index contributed by atoms with van der Waals surface area (Å²) in [6.45, 7) is 2.25. The molecule has 0 radical (unpaired) electrons. The monoisotopic (exact) mass is 328 g/mol. The summed E-state index contributed by atoms with van der Waals surface area (Å²) in [5, 5.41) is 10.8. The van der Waals surface area contributed by atoms with Crippen LogP contribution in [0.25, 0.3) is 0 Å². The molecule has 0 saturated carbocycles. The highest BCUT2D eigenvalue weighted by Gasteiger charge is 2.15. The lowest BCUT2D eigenvalue weighted by Crippen LogP contribution is -2.12. The van der Waals surface area contributed by atoms with Gasteiger partial charge in [0.1, 0.15) is 5.75 Å². The topological polar surface area (TPSA) is 88.5 Å². The number of aliphatic hydroxyl groups is 1. The van der Waals surface area contributed by atoms with E-state index in [-0.39, 0.29) is 11.5 Å². The molecule has 0 spiro atoms. The summed E-state index contributed by atoms with van der Waals surface area (Å²) < 4.78 is 32.1. The van der Waals surface area contributed by atoms with Gasteiger partial charge in [-0.3, -0.25) is 4.72 Å². The Morgan fingerprint density at radius 1 is 1.33 bits per heavy atom. The van der Waals surface area contributed by atoms with E-state index in [9.17, 15) is 8.42 Å². The van der Waals surface area contributed by atoms with Crippen LogP contribution >= 0.6 is 11.3 Å². The normalized spacial score (nSPS) is 11.3. The Labute approximate surface area is 127 Å². The minimum atomic E-state index is -3.64. The minimum Gasteiger partial charge on any atom is -0.494 e. The van der Waals surface area contributed by atoms with Crippen molar-refractivity contribution in [3.63, 3.8) is 0 Å². The van der Waals surface area contributed by atoms with Crippen molar-refractivity contribution in [2.24, 2.45) is 0 Å². The van der Waals surface area contributed by atoms with Gasteiger partial charge in [0.05, 0.1) is 17.2 Å². The molecule has 0 unspecified atom stereocenters. The maximum Gasteiger partial charge on any atom is 0.263 e. The largest absolute Gasteiger partial charge is 0.494 e. The van der Waals surface area contributed by atoms with Gasteiger partial charge >= 0.3 is 0 Å². The van der Waals surface area contributed by atoms with Crippen molar-refractivity contribution in [3.05, 3.63) is 35.3 Å². The van der Waals surface area contributed by atoms with E-state index in [0.717, 1.165) is 5.69 Å². The Balaban J connectivity index is 2.06. The number of aromatic nitrogens is 1. The number of hydrogen-bond acceptors (Lipinski definition) is 6. The number of aliphatic hydroxyl groups excluding tert-OH is 1. The summed E-state index contributed by atoms with van der Waals surface area (Å²) in [6, 6.07) is 6.10. The second kappa shape index (κ2) is 6.88. The number of nitrogens with zero attached hydrogens (tertiary/aromatic N) is 1. The molecule has 1 heterocycles. The number of hydrogen-bond donors (Lipinski definition) is 2. The Kier molecular flexibility index (Phi) is 5.16. The summed E-state index contributed by atoms with van der Waals surface area (Å²) in [4.78, 5) is 4.21. The van der Waals surface area contributed by atoms with Crippen LogP contribution in [-0.2, 0) is 10.0 Å². The lowest BCUT2D eigenvalue weighted by molar-refractivity contribution is 0.233. The number of anilines is 1. The fourth-order valence-electron chi connectivity index (χ4n) is 1.54. The van der Waals surface area contributed by atoms with Crippen LogP contribution in [0.4, 0.5) is 5.13 Å². The number of benzene rings is 1. The summed E-state index contributed by atoms with van der Waals surface area (Å²) >= 11 is 1.24. The van der Waals surface area contributed by atoms with Gasteiger partial charge in [-0.2, -0.15) is 0 Å². The zero-order chi connectivity index (χ0) is 15.3. The van der Waals surface area contributed by atoms with Crippen molar-refractivity contribution in [2.45, 2.75) is 18.2 Å². The molecular formula is C13H16N2O4S2. The number of ether oxygens (including phenoxy) is 1. The van der Waals surface area contributed by atoms with E-state index in [1.807, 2.05) is 0 Å². The predicted octanol–water partition coefficient (Wildman–Crippen LogP) is 2.01. The summed E-state index contributed by atoms with van der Waals surface area (Å²) in [5.41, 5.74) is 0.769. The molecule has 6 nitrogen and oxygen atoms in total. The maximum absolute atomic E-state index is 12.2. The average Bonchev–Trinajstić information content (AvgIpc) is 2.84. The number of aryl methyl sites for hydroxylation is 1. The molecule has 1 aromatic heterocycles. The van der Waals surface area contributed by atoms with E-state index in [4.69, 9.17) is 9.84 Å². The zero-order valence-corrected chi connectivity index (χ0v) is 13.1. The molecule has 0 amide bonds. The van der Waals surface area contributed by atoms with Crippen LogP contribution in [0, 0.1) is 6.92 Å². The summed E-state index contributed by atoms with van der Waals surface area (Å²) in [5.74, 6) is 0.562. The first-order valence-electron chi connectivity index (χ1n) is 6.30. The zero-order valence-electron chi connectivity index (χ0n) is 11.4. The van der Waals surface area contributed by atoms with Crippen molar-refractivity contribution < 1.29 is 18.3 Å². The van der Waals surface area contributed by atoms with Gasteiger partial charge in [-0.1, -0.05) is 0 Å². The SMILES string of the molecule is Cc1csc(NS(=O)(=O)c2ccc(OCCCO)cc2)n1. The average molecular weight is 328 g/mol. The molecule has 0 aliphatic heterocycles. The van der Waals surface area contributed by atoms with Crippen LogP contribution < -0.4 is 9.46 Å². The maximum atomic E-state index is 12.2. The van der Waals surface area contributed by atoms with Crippen LogP contribution in [0.15, 0.2) is 34.5 Å². The van der Waals surface area contributed by atoms with Crippen LogP contribution in [0.2, 0.25) is 0 Å². The third-order valence-electron chi connectivity index (χ3n) is 2.55. The number of nitrogens with one attached hydrogen (secondary N) is 1. The van der Waals surface area contributed by atoms with Crippen molar-refractivity contribution in [2.75, 3.05) is 17.9 Å². The molecule has 2 N–H and O–H groups in total. The standard InChI is InChI=1S/C13H16N2O4S2/c1-10-9-20-13(14-10)15-21(17,18)12-5-3-11(4-6-12)19-8-2-7-16/h3-6,9,16H,2,7-8H2,1H3,(H,14,15). The van der Waals surface area contributed by atoms with Crippen molar-refractivity contribution in [1.29, 1.82) is 0 Å². The van der Waals surface area contributed by atoms with Crippen LogP contribution in [0.5, 0.6) is 5.75 Å². The fourth-order valence-corrected chi connectivity index (χ4v) is 3.49. The quantitative estimate of drug-likeness (QED) is 0.759. The van der Waals surface area contributed by atoms with Gasteiger partial charge in [0.15, 0.2) is 5.13 Å². The van der Waals surface area contributed by atoms with Crippen molar-refractivity contribution >= 4 is 26.5 Å². The van der Waals surface area contributed by atoms with Crippen LogP contribution in [-0.4, -0.2) is 31.7 Å². The Morgan fingerprint density at radius 3 is 2.62 bits per heavy atom. The molecule has 0 aliphatic carbocycles. The third-order valence-corrected chi connectivity index (χ3v) is 4.91. The Bertz CT molecular complexity index is 680. The smallest absolute Gasteiger partial charge is 0.263 e. The van der Waals surface area contributed by atoms with Gasteiger partial charge in [0.2, 0.25) is 0 Å². The molecule has 0 bridgehead atoms. The molecule has 21 heavy (non-hydrogen) atoms. The molecule has 8 heteroatoms. The lowest BCUT2D eigenvalue weighted by atomic mass is 10.3. The first-order chi connectivity index (χ1) is 10.0. The predicted molar refractivity (Wildman–Crippen MR) is 81.3 cm³/mol. The highest BCUT2D eigenvalue weighted by molar-refractivity contribution is 7.93. The second-order valence-corrected chi connectivity index (χ2v) is 6.84. The number of thiazole rings is 1. The number of sulfonamides is 1. The lowest BCUT2D eigenvalue weighted by Gasteiger charge is -2.07. The highest BCUT2D eigenvalue weighted by Crippen LogP contribution is 2.21. The molecule has 0 aliphatic rings. The van der Waals surface area contributed by atoms with Gasteiger partial charge in [-0.05, 0) is 31.2 Å². The highest BCUT2D eigenvalue weighted by atomic mass is 32.2. The molecule has 0 saturated heterocycles. The van der Waals surface area contributed by atoms with E-state index in [1.54, 1.807) is 24.4 Å². The van der Waals surface area contributed by atoms with Gasteiger partial charge in [-0.25, -0.2) is 13.4 Å². The van der Waals surface area contributed by atoms with Crippen LogP contribution in [0.1, 0.15) is 12.1 Å². The first kappa shape index (κ1) is 15.7. The van der Waals surface area contributed by atoms with Gasteiger partial charge in [-0.15, -0.1) is 11.3 Å². The van der Waals surface area contributed by atoms with Crippen LogP contribution in [0.3, 0.4) is 0 Å². The van der Waals surface area contributed by atoms with Gasteiger partial charge in [0.25, 0.3) is 10.0 Å². The summed E-state index contributed by atoms with van der Waals surface area (Å²) in [6.07, 6.45) is 0.533. The fraction of sp³-hybridized carbons (Fsp3) is 0.308. The van der Waals surface area contributed by atoms with E-state index in [2.05, 4.69) is 9.71 Å². The second-order valence-electron chi connectivity index (χ2n) is 4.30. The van der Waals surface area contributed by atoms with Crippen molar-refractivity contribution in [3.8, 4) is 5.75 Å². The molecular weight excluding hydrogens is 312 g/mol. The van der Waals surface area contributed by atoms with E-state index in [1.165, 1.54) is 23.5 Å². The van der Waals surface area contributed by atoms with E-state index < -0.39 is 10.0 Å². The molecule has 0 atom stereocenters. The van der Waals surface area contributed by atoms with Gasteiger partial charge < -0.3 is 9.84 Å². The van der Waals surface area contributed by atoms with Crippen molar-refractivity contribution in [1.82, 2.24) is 4.98 Å². The van der Waals surface area contributed by atoms with E-state index in [0.29, 0.717) is 23.9 Å². The Morgan fingerprint density at radius 2 is 2.05 bits per heavy atom. The number of rotatable bonds is 7.